The predicted octanol–water partition coefficient (Wildman–Crippen LogP) is 2.42. The van der Waals surface area contributed by atoms with Crippen molar-refractivity contribution in [3.05, 3.63) is 31.4 Å². The molecule has 0 spiro atoms. The van der Waals surface area contributed by atoms with Gasteiger partial charge in [-0.05, 0) is 40.5 Å². The van der Waals surface area contributed by atoms with Gasteiger partial charge in [0.25, 0.3) is 0 Å². The van der Waals surface area contributed by atoms with E-state index < -0.39 is 0 Å². The Morgan fingerprint density at radius 2 is 2.44 bits per heavy atom. The van der Waals surface area contributed by atoms with E-state index in [4.69, 9.17) is 5.84 Å². The number of aromatic nitrogens is 2. The molecule has 7 heteroatoms. The van der Waals surface area contributed by atoms with Gasteiger partial charge >= 0.3 is 0 Å². The molecule has 3 N–H and O–H groups in total. The smallest absolute Gasteiger partial charge is 0.0773 e. The molecule has 2 aromatic heterocycles. The van der Waals surface area contributed by atoms with Crippen molar-refractivity contribution >= 4 is 38.8 Å². The highest BCUT2D eigenvalue weighted by Crippen LogP contribution is 2.27. The number of hydrogen-bond acceptors (Lipinski definition) is 6. The molecule has 1 unspecified atom stereocenters. The van der Waals surface area contributed by atoms with E-state index in [1.54, 1.807) is 11.3 Å². The van der Waals surface area contributed by atoms with E-state index in [0.29, 0.717) is 0 Å². The second kappa shape index (κ2) is 5.33. The van der Waals surface area contributed by atoms with Crippen LogP contribution in [0.25, 0.3) is 0 Å². The normalized spacial score (nSPS) is 12.9. The molecule has 16 heavy (non-hydrogen) atoms. The molecular weight excluding hydrogens is 308 g/mol. The summed E-state index contributed by atoms with van der Waals surface area (Å²) in [5.41, 5.74) is 3.77. The summed E-state index contributed by atoms with van der Waals surface area (Å²) < 4.78 is 5.04. The van der Waals surface area contributed by atoms with Gasteiger partial charge in [0, 0.05) is 21.2 Å². The van der Waals surface area contributed by atoms with Crippen LogP contribution >= 0.6 is 38.8 Å². The highest BCUT2D eigenvalue weighted by molar-refractivity contribution is 9.10. The zero-order valence-corrected chi connectivity index (χ0v) is 11.8. The van der Waals surface area contributed by atoms with E-state index >= 15 is 0 Å². The molecule has 2 aromatic rings. The zero-order valence-electron chi connectivity index (χ0n) is 8.61. The molecular formula is C9H11BrN4S2. The van der Waals surface area contributed by atoms with E-state index in [0.717, 1.165) is 21.5 Å². The zero-order chi connectivity index (χ0) is 11.5. The molecule has 1 atom stereocenters. The largest absolute Gasteiger partial charge is 0.271 e. The molecule has 0 fully saturated rings. The third-order valence-corrected chi connectivity index (χ3v) is 4.89. The van der Waals surface area contributed by atoms with E-state index in [9.17, 15) is 0 Å². The summed E-state index contributed by atoms with van der Waals surface area (Å²) in [5, 5.41) is 6.07. The maximum absolute atomic E-state index is 5.58. The lowest BCUT2D eigenvalue weighted by atomic mass is 10.1. The van der Waals surface area contributed by atoms with Crippen molar-refractivity contribution in [2.24, 2.45) is 5.84 Å². The molecule has 0 aliphatic rings. The first-order valence-electron chi connectivity index (χ1n) is 4.68. The minimum atomic E-state index is 0.0885. The number of hydrazine groups is 1. The van der Waals surface area contributed by atoms with Crippen LogP contribution in [0.4, 0.5) is 0 Å². The van der Waals surface area contributed by atoms with E-state index in [1.165, 1.54) is 16.4 Å². The van der Waals surface area contributed by atoms with Gasteiger partial charge in [-0.25, -0.2) is 0 Å². The quantitative estimate of drug-likeness (QED) is 0.671. The Morgan fingerprint density at radius 3 is 2.94 bits per heavy atom. The van der Waals surface area contributed by atoms with Crippen molar-refractivity contribution in [1.29, 1.82) is 0 Å². The van der Waals surface area contributed by atoms with Gasteiger partial charge in [-0.3, -0.25) is 11.3 Å². The van der Waals surface area contributed by atoms with Crippen LogP contribution in [0.5, 0.6) is 0 Å². The summed E-state index contributed by atoms with van der Waals surface area (Å²) in [6, 6.07) is 2.20. The number of nitrogens with zero attached hydrogens (tertiary/aromatic N) is 2. The average molecular weight is 319 g/mol. The lowest BCUT2D eigenvalue weighted by Crippen LogP contribution is -2.29. The summed E-state index contributed by atoms with van der Waals surface area (Å²) in [4.78, 5) is 2.38. The van der Waals surface area contributed by atoms with Crippen molar-refractivity contribution in [3.8, 4) is 0 Å². The van der Waals surface area contributed by atoms with Crippen LogP contribution in [0.15, 0.2) is 15.9 Å². The van der Waals surface area contributed by atoms with Gasteiger partial charge in [-0.15, -0.1) is 16.4 Å². The molecule has 0 aliphatic heterocycles. The minimum absolute atomic E-state index is 0.0885. The number of nitrogens with two attached hydrogens (primary N) is 1. The van der Waals surface area contributed by atoms with Crippen molar-refractivity contribution < 1.29 is 0 Å². The van der Waals surface area contributed by atoms with Crippen LogP contribution in [-0.2, 0) is 6.42 Å². The highest BCUT2D eigenvalue weighted by atomic mass is 79.9. The van der Waals surface area contributed by atoms with Gasteiger partial charge in [0.05, 0.1) is 16.6 Å². The van der Waals surface area contributed by atoms with Crippen LogP contribution in [0.2, 0.25) is 0 Å². The molecule has 0 aliphatic carbocycles. The maximum atomic E-state index is 5.58. The summed E-state index contributed by atoms with van der Waals surface area (Å²) in [7, 11) is 0. The molecule has 0 amide bonds. The molecule has 0 aromatic carbocycles. The Kier molecular flexibility index (Phi) is 4.04. The van der Waals surface area contributed by atoms with Gasteiger partial charge in [0.1, 0.15) is 0 Å². The first kappa shape index (κ1) is 12.1. The Bertz CT molecular complexity index is 468. The van der Waals surface area contributed by atoms with Crippen molar-refractivity contribution in [3.63, 3.8) is 0 Å². The number of nitrogens with one attached hydrogen (secondary N) is 1. The van der Waals surface area contributed by atoms with Crippen molar-refractivity contribution in [2.75, 3.05) is 0 Å². The van der Waals surface area contributed by atoms with Crippen LogP contribution in [0.3, 0.4) is 0 Å². The van der Waals surface area contributed by atoms with E-state index in [-0.39, 0.29) is 6.04 Å². The Hall–Kier alpha value is -0.340. The van der Waals surface area contributed by atoms with Crippen LogP contribution in [-0.4, -0.2) is 9.59 Å². The van der Waals surface area contributed by atoms with Gasteiger partial charge in [-0.2, -0.15) is 0 Å². The SMILES string of the molecule is Cc1nnsc1C(Cc1cc(Br)cs1)NN. The Labute approximate surface area is 110 Å². The fraction of sp³-hybridized carbons (Fsp3) is 0.333. The molecule has 2 rings (SSSR count). The molecule has 4 nitrogen and oxygen atoms in total. The predicted molar refractivity (Wildman–Crippen MR) is 70.4 cm³/mol. The van der Waals surface area contributed by atoms with Gasteiger partial charge in [0.2, 0.25) is 0 Å². The topological polar surface area (TPSA) is 63.8 Å². The van der Waals surface area contributed by atoms with Crippen molar-refractivity contribution in [2.45, 2.75) is 19.4 Å². The summed E-state index contributed by atoms with van der Waals surface area (Å²) in [6.07, 6.45) is 0.859. The third-order valence-electron chi connectivity index (χ3n) is 2.23. The van der Waals surface area contributed by atoms with E-state index in [2.05, 4.69) is 42.4 Å². The lowest BCUT2D eigenvalue weighted by molar-refractivity contribution is 0.560. The van der Waals surface area contributed by atoms with Crippen LogP contribution in [0.1, 0.15) is 21.5 Å². The molecule has 2 heterocycles. The van der Waals surface area contributed by atoms with E-state index in [1.807, 2.05) is 6.92 Å². The maximum Gasteiger partial charge on any atom is 0.0773 e. The first-order chi connectivity index (χ1) is 7.70. The third kappa shape index (κ3) is 2.67. The summed E-state index contributed by atoms with van der Waals surface area (Å²) in [6.45, 7) is 1.95. The Balaban J connectivity index is 2.15. The number of aryl methyl sites for hydroxylation is 1. The molecule has 0 bridgehead atoms. The average Bonchev–Trinajstić information content (AvgIpc) is 2.84. The van der Waals surface area contributed by atoms with Crippen molar-refractivity contribution in [1.82, 2.24) is 15.0 Å². The molecule has 86 valence electrons. The number of halogens is 1. The number of thiophene rings is 1. The van der Waals surface area contributed by atoms with Gasteiger partial charge in [-0.1, -0.05) is 4.49 Å². The second-order valence-electron chi connectivity index (χ2n) is 3.38. The molecule has 0 saturated carbocycles. The molecule has 0 saturated heterocycles. The fourth-order valence-corrected chi connectivity index (χ4v) is 3.65. The second-order valence-corrected chi connectivity index (χ2v) is 6.07. The monoisotopic (exact) mass is 318 g/mol. The standard InChI is InChI=1S/C9H11BrN4S2/c1-5-9(16-14-13-5)8(12-11)3-7-2-6(10)4-15-7/h2,4,8,12H,3,11H2,1H3. The summed E-state index contributed by atoms with van der Waals surface area (Å²) >= 11 is 6.56. The van der Waals surface area contributed by atoms with Gasteiger partial charge in [0.15, 0.2) is 0 Å². The Morgan fingerprint density at radius 1 is 1.62 bits per heavy atom. The highest BCUT2D eigenvalue weighted by Gasteiger charge is 2.17. The van der Waals surface area contributed by atoms with Crippen LogP contribution < -0.4 is 11.3 Å². The minimum Gasteiger partial charge on any atom is -0.271 e. The lowest BCUT2D eigenvalue weighted by Gasteiger charge is -2.12. The summed E-state index contributed by atoms with van der Waals surface area (Å²) in [5.74, 6) is 5.58. The van der Waals surface area contributed by atoms with Crippen LogP contribution in [0, 0.1) is 6.92 Å². The fourth-order valence-electron chi connectivity index (χ4n) is 1.45. The first-order valence-corrected chi connectivity index (χ1v) is 7.13. The molecule has 0 radical (unpaired) electrons. The van der Waals surface area contributed by atoms with Gasteiger partial charge < -0.3 is 0 Å². The number of hydrogen-bond donors (Lipinski definition) is 2. The number of rotatable bonds is 4.